The van der Waals surface area contributed by atoms with Gasteiger partial charge in [0, 0.05) is 24.7 Å². The van der Waals surface area contributed by atoms with E-state index in [-0.39, 0.29) is 11.8 Å². The number of carbonyl (C=O) groups excluding carboxylic acids is 1. The topological polar surface area (TPSA) is 54.5 Å². The highest BCUT2D eigenvalue weighted by atomic mass is 35.5. The minimum absolute atomic E-state index is 0.00466. The van der Waals surface area contributed by atoms with Gasteiger partial charge in [-0.05, 0) is 62.1 Å². The summed E-state index contributed by atoms with van der Waals surface area (Å²) in [6, 6.07) is 13.8. The summed E-state index contributed by atoms with van der Waals surface area (Å²) in [5.41, 5.74) is 2.15. The number of fused-ring (bicyclic) bond motifs is 1. The van der Waals surface area contributed by atoms with Crippen LogP contribution < -0.4 is 15.0 Å². The van der Waals surface area contributed by atoms with Gasteiger partial charge in [0.25, 0.3) is 0 Å². The van der Waals surface area contributed by atoms with Gasteiger partial charge in [0.05, 0.1) is 22.7 Å². The van der Waals surface area contributed by atoms with Crippen molar-refractivity contribution in [2.24, 2.45) is 5.92 Å². The zero-order chi connectivity index (χ0) is 20.9. The third-order valence-corrected chi connectivity index (χ3v) is 6.68. The molecule has 1 N–H and O–H groups in total. The summed E-state index contributed by atoms with van der Waals surface area (Å²) in [7, 11) is 0. The molecule has 1 amide bonds. The number of nitrogens with one attached hydrogen (secondary N) is 1. The van der Waals surface area contributed by atoms with E-state index < -0.39 is 0 Å². The normalized spacial score (nSPS) is 16.6. The number of hydrogen-bond donors (Lipinski definition) is 1. The van der Waals surface area contributed by atoms with Gasteiger partial charge in [-0.15, -0.1) is 0 Å². The Kier molecular flexibility index (Phi) is 6.75. The van der Waals surface area contributed by atoms with Gasteiger partial charge in [-0.2, -0.15) is 0 Å². The first-order valence-corrected chi connectivity index (χ1v) is 11.6. The number of ether oxygens (including phenoxy) is 1. The summed E-state index contributed by atoms with van der Waals surface area (Å²) in [4.78, 5) is 19.8. The Balaban J connectivity index is 1.34. The van der Waals surface area contributed by atoms with Crippen LogP contribution in [0.1, 0.15) is 25.3 Å². The molecule has 1 aliphatic rings. The Morgan fingerprint density at radius 2 is 2.13 bits per heavy atom. The molecule has 2 heterocycles. The number of amides is 1. The van der Waals surface area contributed by atoms with Crippen LogP contribution in [0.3, 0.4) is 0 Å². The van der Waals surface area contributed by atoms with Gasteiger partial charge in [0.1, 0.15) is 5.75 Å². The van der Waals surface area contributed by atoms with Crippen molar-refractivity contribution in [2.45, 2.75) is 26.2 Å². The summed E-state index contributed by atoms with van der Waals surface area (Å²) in [5, 5.41) is 4.82. The molecule has 2 aromatic carbocycles. The quantitative estimate of drug-likeness (QED) is 0.562. The van der Waals surface area contributed by atoms with Gasteiger partial charge in [0.2, 0.25) is 5.91 Å². The van der Waals surface area contributed by atoms with E-state index in [0.29, 0.717) is 19.7 Å². The Bertz CT molecular complexity index is 1010. The van der Waals surface area contributed by atoms with E-state index >= 15 is 0 Å². The highest BCUT2D eigenvalue weighted by Crippen LogP contribution is 2.33. The van der Waals surface area contributed by atoms with Crippen LogP contribution in [0.5, 0.6) is 5.75 Å². The third kappa shape index (κ3) is 5.05. The standard InChI is InChI=1S/C23H26ClN3O2S/c1-2-29-19-9-10-20-21(14-19)30-23(26-20)27-13-3-4-17(15-27)22(28)25-12-11-16-5-7-18(24)8-6-16/h5-10,14,17H,2-4,11-13,15H2,1H3,(H,25,28)/t17-/m0/s1. The average Bonchev–Trinajstić information content (AvgIpc) is 3.19. The molecule has 1 aliphatic heterocycles. The Hall–Kier alpha value is -2.31. The van der Waals surface area contributed by atoms with Crippen LogP contribution in [-0.2, 0) is 11.2 Å². The minimum atomic E-state index is -0.00466. The van der Waals surface area contributed by atoms with Crippen molar-refractivity contribution in [3.05, 3.63) is 53.1 Å². The molecule has 1 aromatic heterocycles. The molecule has 1 atom stereocenters. The van der Waals surface area contributed by atoms with Gasteiger partial charge in [-0.3, -0.25) is 4.79 Å². The van der Waals surface area contributed by atoms with Gasteiger partial charge in [-0.25, -0.2) is 4.98 Å². The third-order valence-electron chi connectivity index (χ3n) is 5.35. The molecule has 0 radical (unpaired) electrons. The molecule has 3 aromatic rings. The van der Waals surface area contributed by atoms with Crippen molar-refractivity contribution in [2.75, 3.05) is 31.1 Å². The number of benzene rings is 2. The monoisotopic (exact) mass is 443 g/mol. The minimum Gasteiger partial charge on any atom is -0.494 e. The second kappa shape index (κ2) is 9.67. The van der Waals surface area contributed by atoms with E-state index in [2.05, 4.69) is 10.2 Å². The van der Waals surface area contributed by atoms with E-state index in [1.807, 2.05) is 49.4 Å². The Morgan fingerprint density at radius 1 is 1.30 bits per heavy atom. The highest BCUT2D eigenvalue weighted by Gasteiger charge is 2.27. The molecular weight excluding hydrogens is 418 g/mol. The number of rotatable bonds is 7. The maximum atomic E-state index is 12.7. The molecule has 5 nitrogen and oxygen atoms in total. The maximum Gasteiger partial charge on any atom is 0.224 e. The first kappa shape index (κ1) is 20.9. The first-order valence-electron chi connectivity index (χ1n) is 10.4. The summed E-state index contributed by atoms with van der Waals surface area (Å²) in [6.07, 6.45) is 2.72. The number of halogens is 1. The van der Waals surface area contributed by atoms with Crippen LogP contribution in [0, 0.1) is 5.92 Å². The second-order valence-electron chi connectivity index (χ2n) is 7.51. The molecule has 7 heteroatoms. The fourth-order valence-corrected chi connectivity index (χ4v) is 4.93. The number of aromatic nitrogens is 1. The van der Waals surface area contributed by atoms with E-state index in [0.717, 1.165) is 51.9 Å². The average molecular weight is 444 g/mol. The Labute approximate surface area is 186 Å². The van der Waals surface area contributed by atoms with Crippen LogP contribution >= 0.6 is 22.9 Å². The molecule has 30 heavy (non-hydrogen) atoms. The number of anilines is 1. The van der Waals surface area contributed by atoms with Crippen LogP contribution in [0.4, 0.5) is 5.13 Å². The van der Waals surface area contributed by atoms with Crippen LogP contribution in [0.15, 0.2) is 42.5 Å². The lowest BCUT2D eigenvalue weighted by atomic mass is 9.97. The molecule has 0 aliphatic carbocycles. The van der Waals surface area contributed by atoms with E-state index in [1.54, 1.807) is 11.3 Å². The number of carbonyl (C=O) groups is 1. The van der Waals surface area contributed by atoms with Crippen LogP contribution in [0.2, 0.25) is 5.02 Å². The lowest BCUT2D eigenvalue weighted by Crippen LogP contribution is -2.43. The summed E-state index contributed by atoms with van der Waals surface area (Å²) >= 11 is 7.59. The van der Waals surface area contributed by atoms with Crippen molar-refractivity contribution in [1.29, 1.82) is 0 Å². The fourth-order valence-electron chi connectivity index (χ4n) is 3.77. The molecule has 0 bridgehead atoms. The molecule has 4 rings (SSSR count). The van der Waals surface area contributed by atoms with Crippen molar-refractivity contribution in [3.8, 4) is 5.75 Å². The molecule has 0 saturated carbocycles. The van der Waals surface area contributed by atoms with E-state index in [1.165, 1.54) is 5.56 Å². The molecule has 1 saturated heterocycles. The first-order chi connectivity index (χ1) is 14.6. The van der Waals surface area contributed by atoms with E-state index in [9.17, 15) is 4.79 Å². The summed E-state index contributed by atoms with van der Waals surface area (Å²) in [5.74, 6) is 1.00. The van der Waals surface area contributed by atoms with Gasteiger partial charge < -0.3 is 15.0 Å². The van der Waals surface area contributed by atoms with Gasteiger partial charge in [0.15, 0.2) is 5.13 Å². The summed E-state index contributed by atoms with van der Waals surface area (Å²) in [6.45, 7) is 4.92. The number of nitrogens with zero attached hydrogens (tertiary/aromatic N) is 2. The molecule has 158 valence electrons. The largest absolute Gasteiger partial charge is 0.494 e. The lowest BCUT2D eigenvalue weighted by molar-refractivity contribution is -0.125. The zero-order valence-corrected chi connectivity index (χ0v) is 18.6. The molecule has 1 fully saturated rings. The van der Waals surface area contributed by atoms with E-state index in [4.69, 9.17) is 21.3 Å². The number of thiazole rings is 1. The van der Waals surface area contributed by atoms with Gasteiger partial charge in [-0.1, -0.05) is 35.1 Å². The van der Waals surface area contributed by atoms with Crippen molar-refractivity contribution < 1.29 is 9.53 Å². The molecule has 0 unspecified atom stereocenters. The smallest absolute Gasteiger partial charge is 0.224 e. The SMILES string of the molecule is CCOc1ccc2nc(N3CCC[C@H](C(=O)NCCc4ccc(Cl)cc4)C3)sc2c1. The molecular formula is C23H26ClN3O2S. The van der Waals surface area contributed by atoms with Crippen molar-refractivity contribution in [3.63, 3.8) is 0 Å². The fraction of sp³-hybridized carbons (Fsp3) is 0.391. The summed E-state index contributed by atoms with van der Waals surface area (Å²) < 4.78 is 6.71. The van der Waals surface area contributed by atoms with Gasteiger partial charge >= 0.3 is 0 Å². The maximum absolute atomic E-state index is 12.7. The highest BCUT2D eigenvalue weighted by molar-refractivity contribution is 7.22. The molecule has 0 spiro atoms. The number of hydrogen-bond acceptors (Lipinski definition) is 5. The van der Waals surface area contributed by atoms with Crippen molar-refractivity contribution in [1.82, 2.24) is 10.3 Å². The second-order valence-corrected chi connectivity index (χ2v) is 8.96. The predicted octanol–water partition coefficient (Wildman–Crippen LogP) is 4.92. The van der Waals surface area contributed by atoms with Crippen molar-refractivity contribution >= 4 is 44.2 Å². The van der Waals surface area contributed by atoms with Crippen LogP contribution in [0.25, 0.3) is 10.2 Å². The Morgan fingerprint density at radius 3 is 2.93 bits per heavy atom. The predicted molar refractivity (Wildman–Crippen MR) is 124 cm³/mol. The zero-order valence-electron chi connectivity index (χ0n) is 17.1. The van der Waals surface area contributed by atoms with Crippen LogP contribution in [-0.4, -0.2) is 37.1 Å². The number of piperidine rings is 1. The lowest BCUT2D eigenvalue weighted by Gasteiger charge is -2.31.